The molecule has 2 N–H and O–H groups in total. The van der Waals surface area contributed by atoms with Gasteiger partial charge in [0, 0.05) is 21.9 Å². The summed E-state index contributed by atoms with van der Waals surface area (Å²) in [5.41, 5.74) is 7.17. The number of thioether (sulfide) groups is 1. The molecule has 0 unspecified atom stereocenters. The van der Waals surface area contributed by atoms with E-state index < -0.39 is 0 Å². The normalized spacial score (nSPS) is 11.9. The molecule has 0 aromatic heterocycles. The highest BCUT2D eigenvalue weighted by atomic mass is 32.2. The Morgan fingerprint density at radius 3 is 1.55 bits per heavy atom. The highest BCUT2D eigenvalue weighted by molar-refractivity contribution is 7.98. The number of rotatable bonds is 4. The van der Waals surface area contributed by atoms with Gasteiger partial charge in [0.05, 0.1) is 0 Å². The van der Waals surface area contributed by atoms with Crippen LogP contribution in [0.25, 0.3) is 32.7 Å². The molecule has 1 heterocycles. The number of hydrogen-bond donors (Lipinski definition) is 2. The van der Waals surface area contributed by atoms with Gasteiger partial charge in [-0.1, -0.05) is 119 Å². The van der Waals surface area contributed by atoms with Gasteiger partial charge >= 0.3 is 0 Å². The van der Waals surface area contributed by atoms with Gasteiger partial charge in [0.15, 0.2) is 0 Å². The molecule has 0 fully saturated rings. The van der Waals surface area contributed by atoms with Crippen LogP contribution in [-0.2, 0) is 0 Å². The van der Waals surface area contributed by atoms with Crippen molar-refractivity contribution in [2.75, 3.05) is 6.26 Å². The van der Waals surface area contributed by atoms with Gasteiger partial charge < -0.3 is 14.9 Å². The van der Waals surface area contributed by atoms with E-state index in [0.717, 1.165) is 49.7 Å². The molecule has 0 saturated heterocycles. The first kappa shape index (κ1) is 33.7. The Labute approximate surface area is 293 Å². The third-order valence-corrected chi connectivity index (χ3v) is 9.69. The predicted molar refractivity (Wildman–Crippen MR) is 208 cm³/mol. The molecule has 4 heteroatoms. The Hall–Kier alpha value is -5.19. The van der Waals surface area contributed by atoms with E-state index in [1.54, 1.807) is 23.9 Å². The smallest absolute Gasteiger partial charge is 0.132 e. The molecule has 0 aliphatic carbocycles. The van der Waals surface area contributed by atoms with E-state index in [0.29, 0.717) is 5.92 Å². The van der Waals surface area contributed by atoms with Gasteiger partial charge in [-0.15, -0.1) is 11.8 Å². The Kier molecular flexibility index (Phi) is 10.3. The zero-order chi connectivity index (χ0) is 34.5. The van der Waals surface area contributed by atoms with Gasteiger partial charge in [-0.05, 0) is 105 Å². The van der Waals surface area contributed by atoms with Crippen LogP contribution in [0, 0.1) is 0 Å². The first-order valence-electron chi connectivity index (χ1n) is 16.9. The molecule has 0 bridgehead atoms. The van der Waals surface area contributed by atoms with Crippen molar-refractivity contribution in [2.45, 2.75) is 44.4 Å². The largest absolute Gasteiger partial charge is 0.508 e. The van der Waals surface area contributed by atoms with E-state index >= 15 is 0 Å². The highest BCUT2D eigenvalue weighted by Gasteiger charge is 2.32. The standard InChI is InChI=1S/C28H20O3S.C15H16.C2H6/c1-32-21-10-4-18(5-11-21)26-27-22-14-19(29)8-2-16(22)6-12-24(27)31-25-13-7-17-3-9-20(30)15-23(17)28(25)26;1-12(2)13-8-10-15(11-9-13)14-6-4-3-5-7-14;1-2/h2-15,26,29-30H,1H3;3-12H,1-2H3;1-2H3. The summed E-state index contributed by atoms with van der Waals surface area (Å²) < 4.78 is 6.40. The number of ether oxygens (including phenoxy) is 1. The van der Waals surface area contributed by atoms with Crippen molar-refractivity contribution in [3.8, 4) is 34.1 Å². The van der Waals surface area contributed by atoms with Crippen LogP contribution in [-0.4, -0.2) is 16.5 Å². The molecule has 1 aliphatic rings. The van der Waals surface area contributed by atoms with Crippen LogP contribution in [0.15, 0.2) is 144 Å². The minimum absolute atomic E-state index is 0.111. The molecule has 7 aromatic rings. The van der Waals surface area contributed by atoms with Crippen LogP contribution >= 0.6 is 11.8 Å². The van der Waals surface area contributed by atoms with Gasteiger partial charge in [-0.25, -0.2) is 0 Å². The Balaban J connectivity index is 0.000000206. The number of benzene rings is 7. The molecule has 0 spiro atoms. The van der Waals surface area contributed by atoms with Crippen LogP contribution in [0.1, 0.15) is 61.8 Å². The topological polar surface area (TPSA) is 49.7 Å². The zero-order valence-electron chi connectivity index (χ0n) is 28.6. The molecule has 0 amide bonds. The first-order valence-corrected chi connectivity index (χ1v) is 18.1. The molecule has 246 valence electrons. The highest BCUT2D eigenvalue weighted by Crippen LogP contribution is 2.52. The molecular formula is C45H42O3S. The van der Waals surface area contributed by atoms with Gasteiger partial charge in [0.2, 0.25) is 0 Å². The van der Waals surface area contributed by atoms with E-state index in [9.17, 15) is 10.2 Å². The van der Waals surface area contributed by atoms with E-state index in [1.165, 1.54) is 21.6 Å². The zero-order valence-corrected chi connectivity index (χ0v) is 29.5. The third kappa shape index (κ3) is 7.02. The lowest BCUT2D eigenvalue weighted by atomic mass is 9.78. The lowest BCUT2D eigenvalue weighted by Crippen LogP contribution is -2.13. The van der Waals surface area contributed by atoms with Gasteiger partial charge in [0.1, 0.15) is 23.0 Å². The molecule has 1 aliphatic heterocycles. The third-order valence-electron chi connectivity index (χ3n) is 8.94. The van der Waals surface area contributed by atoms with E-state index in [4.69, 9.17) is 4.74 Å². The molecule has 8 rings (SSSR count). The molecule has 0 saturated carbocycles. The molecular weight excluding hydrogens is 621 g/mol. The quantitative estimate of drug-likeness (QED) is 0.184. The molecule has 3 nitrogen and oxygen atoms in total. The number of hydrogen-bond acceptors (Lipinski definition) is 4. The fraction of sp³-hybridized carbons (Fsp3) is 0.156. The predicted octanol–water partition coefficient (Wildman–Crippen LogP) is 12.9. The lowest BCUT2D eigenvalue weighted by molar-refractivity contribution is 0.455. The van der Waals surface area contributed by atoms with Crippen LogP contribution in [0.3, 0.4) is 0 Å². The molecule has 0 atom stereocenters. The Morgan fingerprint density at radius 1 is 0.571 bits per heavy atom. The number of phenols is 2. The average molecular weight is 663 g/mol. The summed E-state index contributed by atoms with van der Waals surface area (Å²) >= 11 is 1.71. The van der Waals surface area contributed by atoms with Crippen molar-refractivity contribution in [3.05, 3.63) is 162 Å². The summed E-state index contributed by atoms with van der Waals surface area (Å²) in [5.74, 6) is 2.52. The minimum atomic E-state index is -0.111. The van der Waals surface area contributed by atoms with E-state index in [2.05, 4.69) is 92.9 Å². The maximum absolute atomic E-state index is 10.3. The van der Waals surface area contributed by atoms with Crippen molar-refractivity contribution in [1.29, 1.82) is 0 Å². The number of phenolic OH excluding ortho intramolecular Hbond substituents is 2. The minimum Gasteiger partial charge on any atom is -0.508 e. The maximum Gasteiger partial charge on any atom is 0.132 e. The van der Waals surface area contributed by atoms with Gasteiger partial charge in [0.25, 0.3) is 0 Å². The monoisotopic (exact) mass is 662 g/mol. The SMILES string of the molecule is CC.CC(C)c1ccc(-c2ccccc2)cc1.CSc1ccc(C2c3c(ccc4ccc(O)cc34)Oc3ccc4ccc(O)cc4c32)cc1. The maximum atomic E-state index is 10.3. The second-order valence-corrected chi connectivity index (χ2v) is 13.1. The summed E-state index contributed by atoms with van der Waals surface area (Å²) in [6, 6.07) is 46.9. The second kappa shape index (κ2) is 14.9. The summed E-state index contributed by atoms with van der Waals surface area (Å²) in [7, 11) is 0. The first-order chi connectivity index (χ1) is 23.9. The Morgan fingerprint density at radius 2 is 1.06 bits per heavy atom. The van der Waals surface area contributed by atoms with Crippen molar-refractivity contribution in [1.82, 2.24) is 0 Å². The summed E-state index contributed by atoms with van der Waals surface area (Å²) in [5, 5.41) is 24.6. The van der Waals surface area contributed by atoms with E-state index in [1.807, 2.05) is 68.4 Å². The van der Waals surface area contributed by atoms with Crippen molar-refractivity contribution >= 4 is 33.3 Å². The summed E-state index contributed by atoms with van der Waals surface area (Å²) in [4.78, 5) is 1.20. The van der Waals surface area contributed by atoms with E-state index in [-0.39, 0.29) is 17.4 Å². The van der Waals surface area contributed by atoms with Crippen LogP contribution < -0.4 is 4.74 Å². The lowest BCUT2D eigenvalue weighted by Gasteiger charge is -2.31. The van der Waals surface area contributed by atoms with Crippen LogP contribution in [0.4, 0.5) is 0 Å². The summed E-state index contributed by atoms with van der Waals surface area (Å²) in [6.45, 7) is 8.44. The Bertz CT molecular complexity index is 2100. The number of aromatic hydroxyl groups is 2. The van der Waals surface area contributed by atoms with Gasteiger partial charge in [-0.3, -0.25) is 0 Å². The number of fused-ring (bicyclic) bond motifs is 6. The van der Waals surface area contributed by atoms with Gasteiger partial charge in [-0.2, -0.15) is 0 Å². The second-order valence-electron chi connectivity index (χ2n) is 12.2. The molecule has 0 radical (unpaired) electrons. The van der Waals surface area contributed by atoms with Crippen molar-refractivity contribution in [2.24, 2.45) is 0 Å². The molecule has 49 heavy (non-hydrogen) atoms. The fourth-order valence-corrected chi connectivity index (χ4v) is 6.89. The van der Waals surface area contributed by atoms with Crippen LogP contribution in [0.2, 0.25) is 0 Å². The van der Waals surface area contributed by atoms with Crippen LogP contribution in [0.5, 0.6) is 23.0 Å². The molecule has 7 aromatic carbocycles. The fourth-order valence-electron chi connectivity index (χ4n) is 6.48. The van der Waals surface area contributed by atoms with Crippen molar-refractivity contribution in [3.63, 3.8) is 0 Å². The van der Waals surface area contributed by atoms with Crippen molar-refractivity contribution < 1.29 is 14.9 Å². The summed E-state index contributed by atoms with van der Waals surface area (Å²) in [6.07, 6.45) is 2.07. The average Bonchev–Trinajstić information content (AvgIpc) is 3.15.